The average Bonchev–Trinajstić information content (AvgIpc) is 2.82. The van der Waals surface area contributed by atoms with E-state index in [1.165, 1.54) is 23.1 Å². The van der Waals surface area contributed by atoms with Crippen molar-refractivity contribution in [3.05, 3.63) is 23.8 Å². The van der Waals surface area contributed by atoms with Crippen molar-refractivity contribution >= 4 is 42.1 Å². The second-order valence-electron chi connectivity index (χ2n) is 9.24. The van der Waals surface area contributed by atoms with Crippen LogP contribution in [-0.4, -0.2) is 77.1 Å². The lowest BCUT2D eigenvalue weighted by Gasteiger charge is -2.32. The molecule has 2 rings (SSSR count). The van der Waals surface area contributed by atoms with Gasteiger partial charge in [-0.2, -0.15) is 0 Å². The highest BCUT2D eigenvalue weighted by Gasteiger charge is 2.40. The molecule has 205 valence electrons. The number of nitrogens with zero attached hydrogens (tertiary/aromatic N) is 3. The van der Waals surface area contributed by atoms with Crippen LogP contribution in [0.5, 0.6) is 11.5 Å². The Labute approximate surface area is 219 Å². The van der Waals surface area contributed by atoms with Crippen LogP contribution in [-0.2, 0) is 28.8 Å². The average molecular weight is 534 g/mol. The highest BCUT2D eigenvalue weighted by Crippen LogP contribution is 2.31. The summed E-state index contributed by atoms with van der Waals surface area (Å²) in [6.07, 6.45) is 0.386. The summed E-state index contributed by atoms with van der Waals surface area (Å²) in [5.41, 5.74) is 1.61. The molecule has 0 bridgehead atoms. The maximum atomic E-state index is 13.3. The number of ether oxygens (including phenoxy) is 2. The zero-order valence-corrected chi connectivity index (χ0v) is 22.0. The summed E-state index contributed by atoms with van der Waals surface area (Å²) in [7, 11) is 0. The van der Waals surface area contributed by atoms with Gasteiger partial charge >= 0.3 is 36.2 Å². The molecule has 14 heteroatoms. The largest absolute Gasteiger partial charge is 0.423 e. The van der Waals surface area contributed by atoms with Crippen molar-refractivity contribution in [2.75, 3.05) is 19.6 Å². The van der Waals surface area contributed by atoms with E-state index >= 15 is 0 Å². The van der Waals surface area contributed by atoms with Crippen molar-refractivity contribution in [3.63, 3.8) is 0 Å². The summed E-state index contributed by atoms with van der Waals surface area (Å²) in [5.74, 6) is -4.61. The second-order valence-corrected chi connectivity index (χ2v) is 9.24. The Morgan fingerprint density at radius 3 is 2.16 bits per heavy atom. The number of imide groups is 1. The fourth-order valence-corrected chi connectivity index (χ4v) is 3.39. The normalized spacial score (nSPS) is 14.6. The highest BCUT2D eigenvalue weighted by molar-refractivity contribution is 6.38. The fourth-order valence-electron chi connectivity index (χ4n) is 3.39. The number of esters is 2. The molecule has 1 heterocycles. The molecule has 6 amide bonds. The second kappa shape index (κ2) is 12.3. The molecule has 0 aromatic heterocycles. The fraction of sp³-hybridized carbons (Fsp3) is 0.458. The lowest BCUT2D eigenvalue weighted by Crippen LogP contribution is -2.61. The van der Waals surface area contributed by atoms with Crippen LogP contribution in [0.15, 0.2) is 18.2 Å². The van der Waals surface area contributed by atoms with Crippen LogP contribution in [0.3, 0.4) is 0 Å². The molecule has 1 aromatic rings. The number of amides is 6. The van der Waals surface area contributed by atoms with Crippen LogP contribution in [0.1, 0.15) is 53.1 Å². The molecule has 14 nitrogen and oxygen atoms in total. The van der Waals surface area contributed by atoms with Crippen molar-refractivity contribution in [2.24, 2.45) is 0 Å². The quantitative estimate of drug-likeness (QED) is 0.117. The van der Waals surface area contributed by atoms with Crippen molar-refractivity contribution in [2.45, 2.75) is 53.1 Å². The van der Waals surface area contributed by atoms with E-state index in [1.807, 2.05) is 0 Å². The third-order valence-electron chi connectivity index (χ3n) is 5.33. The first-order valence-electron chi connectivity index (χ1n) is 11.7. The lowest BCUT2D eigenvalue weighted by molar-refractivity contribution is -0.153. The number of carbonyl (C=O) groups excluding carboxylic acids is 7. The highest BCUT2D eigenvalue weighted by atomic mass is 16.6. The van der Waals surface area contributed by atoms with Gasteiger partial charge in [0.15, 0.2) is 17.0 Å². The van der Waals surface area contributed by atoms with Crippen LogP contribution < -0.4 is 25.2 Å². The lowest BCUT2D eigenvalue weighted by atomic mass is 10.0. The van der Waals surface area contributed by atoms with Crippen molar-refractivity contribution < 1.29 is 43.0 Å². The SMILES string of the molecule is CCN1CCN(C(=O)NC(C(=O)N[N+](C=O)C(C)(C)C)c2ccc(OC(C)=O)c(OC(C)=O)c2)C(=O)C1=O. The predicted molar refractivity (Wildman–Crippen MR) is 130 cm³/mol. The van der Waals surface area contributed by atoms with Gasteiger partial charge in [-0.3, -0.25) is 28.9 Å². The van der Waals surface area contributed by atoms with E-state index in [9.17, 15) is 33.6 Å². The number of piperazine rings is 1. The van der Waals surface area contributed by atoms with E-state index in [0.29, 0.717) is 11.3 Å². The number of nitrogens with one attached hydrogen (secondary N) is 2. The Kier molecular flexibility index (Phi) is 9.66. The number of hydrogen-bond donors (Lipinski definition) is 2. The third kappa shape index (κ3) is 7.35. The number of likely N-dealkylation sites (N-methyl/N-ethyl adjacent to an activating group) is 1. The molecule has 1 atom stereocenters. The molecular weight excluding hydrogens is 502 g/mol. The number of benzene rings is 1. The van der Waals surface area contributed by atoms with Crippen molar-refractivity contribution in [1.82, 2.24) is 25.6 Å². The molecule has 1 saturated heterocycles. The predicted octanol–water partition coefficient (Wildman–Crippen LogP) is 0.105. The van der Waals surface area contributed by atoms with Crippen molar-refractivity contribution in [1.29, 1.82) is 0 Å². The number of rotatable bonds is 8. The summed E-state index contributed by atoms with van der Waals surface area (Å²) in [4.78, 5) is 87.8. The van der Waals surface area contributed by atoms with Gasteiger partial charge in [0.1, 0.15) is 6.04 Å². The molecule has 2 N–H and O–H groups in total. The molecule has 0 saturated carbocycles. The molecule has 0 aliphatic carbocycles. The van der Waals surface area contributed by atoms with Gasteiger partial charge < -0.3 is 19.7 Å². The Hall–Kier alpha value is -4.33. The zero-order chi connectivity index (χ0) is 28.8. The summed E-state index contributed by atoms with van der Waals surface area (Å²) >= 11 is 0. The first kappa shape index (κ1) is 29.9. The maximum Gasteiger partial charge on any atom is 0.377 e. The van der Waals surface area contributed by atoms with Gasteiger partial charge in [-0.15, -0.1) is 5.43 Å². The smallest absolute Gasteiger partial charge is 0.377 e. The molecule has 0 spiro atoms. The molecule has 1 fully saturated rings. The number of hydrazine groups is 1. The van der Waals surface area contributed by atoms with Crippen LogP contribution in [0, 0.1) is 0 Å². The van der Waals surface area contributed by atoms with Crippen LogP contribution >= 0.6 is 0 Å². The van der Waals surface area contributed by atoms with E-state index in [2.05, 4.69) is 10.7 Å². The van der Waals surface area contributed by atoms with E-state index in [-0.39, 0.29) is 36.7 Å². The number of carbonyl (C=O) groups is 7. The first-order valence-corrected chi connectivity index (χ1v) is 11.7. The van der Waals surface area contributed by atoms with Gasteiger partial charge in [0.2, 0.25) is 0 Å². The molecule has 1 unspecified atom stereocenters. The van der Waals surface area contributed by atoms with Crippen LogP contribution in [0.2, 0.25) is 0 Å². The topological polar surface area (TPSA) is 174 Å². The van der Waals surface area contributed by atoms with Gasteiger partial charge in [0.25, 0.3) is 5.91 Å². The van der Waals surface area contributed by atoms with E-state index < -0.39 is 47.3 Å². The molecule has 38 heavy (non-hydrogen) atoms. The Bertz CT molecular complexity index is 1140. The first-order chi connectivity index (χ1) is 17.7. The summed E-state index contributed by atoms with van der Waals surface area (Å²) in [6.45, 7) is 9.19. The molecule has 1 aromatic carbocycles. The maximum absolute atomic E-state index is 13.3. The zero-order valence-electron chi connectivity index (χ0n) is 22.0. The molecule has 1 aliphatic heterocycles. The van der Waals surface area contributed by atoms with Gasteiger partial charge in [-0.25, -0.2) is 9.59 Å². The van der Waals surface area contributed by atoms with Gasteiger partial charge in [-0.05, 0) is 45.4 Å². The monoisotopic (exact) mass is 533 g/mol. The Morgan fingerprint density at radius 2 is 1.63 bits per heavy atom. The number of hydrogen-bond acceptors (Lipinski definition) is 9. The van der Waals surface area contributed by atoms with E-state index in [0.717, 1.165) is 18.9 Å². The number of urea groups is 1. The third-order valence-corrected chi connectivity index (χ3v) is 5.33. The minimum absolute atomic E-state index is 0.0497. The van der Waals surface area contributed by atoms with Crippen molar-refractivity contribution in [3.8, 4) is 11.5 Å². The summed E-state index contributed by atoms with van der Waals surface area (Å²) in [5, 5.41) is 3.38. The molecule has 1 aliphatic rings. The Balaban J connectivity index is 2.48. The summed E-state index contributed by atoms with van der Waals surface area (Å²) < 4.78 is 10.1. The molecule has 1 radical (unpaired) electrons. The van der Waals surface area contributed by atoms with Gasteiger partial charge in [0, 0.05) is 38.5 Å². The van der Waals surface area contributed by atoms with Crippen LogP contribution in [0.25, 0.3) is 0 Å². The van der Waals surface area contributed by atoms with Gasteiger partial charge in [-0.1, -0.05) is 6.07 Å². The Morgan fingerprint density at radius 1 is 1.03 bits per heavy atom. The summed E-state index contributed by atoms with van der Waals surface area (Å²) in [6, 6.07) is 1.18. The van der Waals surface area contributed by atoms with E-state index in [4.69, 9.17) is 9.47 Å². The van der Waals surface area contributed by atoms with Crippen LogP contribution in [0.4, 0.5) is 4.79 Å². The minimum Gasteiger partial charge on any atom is -0.423 e. The van der Waals surface area contributed by atoms with Gasteiger partial charge in [0.05, 0.1) is 0 Å². The minimum atomic E-state index is -1.54. The standard InChI is InChI=1S/C24H31N5O9/c1-7-27-10-11-28(22(35)21(27)34)23(36)25-19(20(33)26-29(13-30)24(4,5)6)16-8-9-17(37-14(2)31)18(12-16)38-15(3)32/h8-9,12-13,19H,7,10-11H2,1-6H3,(H,25,36)(H,26,33)/q+1. The van der Waals surface area contributed by atoms with E-state index in [1.54, 1.807) is 27.7 Å². The molecular formula is C24H31N5O9+.